The van der Waals surface area contributed by atoms with E-state index >= 15 is 0 Å². The number of aromatic nitrogens is 2. The van der Waals surface area contributed by atoms with Gasteiger partial charge in [0, 0.05) is 32.3 Å². The highest BCUT2D eigenvalue weighted by Gasteiger charge is 2.26. The maximum absolute atomic E-state index is 11.9. The molecule has 1 atom stereocenters. The lowest BCUT2D eigenvalue weighted by Crippen LogP contribution is -2.43. The van der Waals surface area contributed by atoms with Gasteiger partial charge in [0.05, 0.1) is 19.2 Å². The van der Waals surface area contributed by atoms with Gasteiger partial charge in [-0.05, 0) is 18.4 Å². The molecule has 8 nitrogen and oxygen atoms in total. The van der Waals surface area contributed by atoms with Crippen molar-refractivity contribution >= 4 is 11.9 Å². The third kappa shape index (κ3) is 5.23. The molecule has 0 fully saturated rings. The van der Waals surface area contributed by atoms with E-state index in [1.165, 1.54) is 0 Å². The van der Waals surface area contributed by atoms with Crippen molar-refractivity contribution in [3.05, 3.63) is 17.5 Å². The molecule has 0 radical (unpaired) electrons. The van der Waals surface area contributed by atoms with Crippen molar-refractivity contribution in [2.75, 3.05) is 26.8 Å². The van der Waals surface area contributed by atoms with Gasteiger partial charge in [0.1, 0.15) is 5.69 Å². The van der Waals surface area contributed by atoms with E-state index < -0.39 is 0 Å². The maximum Gasteiger partial charge on any atom is 0.315 e. The van der Waals surface area contributed by atoms with Crippen LogP contribution in [-0.2, 0) is 17.7 Å². The third-order valence-corrected chi connectivity index (χ3v) is 3.88. The number of nitrogens with zero attached hydrogens (tertiary/aromatic N) is 2. The number of rotatable bonds is 8. The monoisotopic (exact) mass is 337 g/mol. The van der Waals surface area contributed by atoms with Gasteiger partial charge in [-0.1, -0.05) is 13.8 Å². The van der Waals surface area contributed by atoms with Crippen molar-refractivity contribution in [1.29, 1.82) is 0 Å². The molecule has 1 aliphatic heterocycles. The predicted molar refractivity (Wildman–Crippen MR) is 89.9 cm³/mol. The lowest BCUT2D eigenvalue weighted by molar-refractivity contribution is 0.0931. The first-order valence-electron chi connectivity index (χ1n) is 8.37. The molecule has 0 saturated heterocycles. The zero-order valence-electron chi connectivity index (χ0n) is 14.6. The Morgan fingerprint density at radius 3 is 2.83 bits per heavy atom. The van der Waals surface area contributed by atoms with Gasteiger partial charge < -0.3 is 20.7 Å². The zero-order valence-corrected chi connectivity index (χ0v) is 14.6. The molecule has 3 N–H and O–H groups in total. The molecule has 0 aliphatic carbocycles. The van der Waals surface area contributed by atoms with Gasteiger partial charge >= 0.3 is 6.03 Å². The fourth-order valence-electron chi connectivity index (χ4n) is 2.58. The number of carbonyl (C=O) groups excluding carboxylic acids is 2. The second-order valence-electron chi connectivity index (χ2n) is 6.44. The first-order valence-corrected chi connectivity index (χ1v) is 8.37. The number of hydrogen-bond donors (Lipinski definition) is 3. The number of urea groups is 1. The second kappa shape index (κ2) is 8.68. The van der Waals surface area contributed by atoms with E-state index in [1.54, 1.807) is 17.9 Å². The number of methoxy groups -OCH3 is 1. The fraction of sp³-hybridized carbons (Fsp3) is 0.688. The van der Waals surface area contributed by atoms with Gasteiger partial charge in [-0.2, -0.15) is 5.10 Å². The van der Waals surface area contributed by atoms with E-state index in [0.717, 1.165) is 12.1 Å². The van der Waals surface area contributed by atoms with Crippen LogP contribution in [0.2, 0.25) is 0 Å². The molecule has 2 heterocycles. The third-order valence-electron chi connectivity index (χ3n) is 3.88. The Morgan fingerprint density at radius 1 is 1.38 bits per heavy atom. The van der Waals surface area contributed by atoms with Crippen LogP contribution in [0.1, 0.15) is 36.5 Å². The fourth-order valence-corrected chi connectivity index (χ4v) is 2.58. The Hall–Kier alpha value is -2.09. The molecular formula is C16H27N5O3. The first kappa shape index (κ1) is 18.3. The van der Waals surface area contributed by atoms with Crippen molar-refractivity contribution in [3.63, 3.8) is 0 Å². The molecule has 0 saturated carbocycles. The molecule has 8 heteroatoms. The Kier molecular flexibility index (Phi) is 6.60. The van der Waals surface area contributed by atoms with Crippen LogP contribution >= 0.6 is 0 Å². The SMILES string of the molecule is COCCNC(=O)c1cc2n(n1)C[C@@H](NC(=O)NCCC(C)C)C2. The smallest absolute Gasteiger partial charge is 0.315 e. The molecule has 2 rings (SSSR count). The minimum absolute atomic E-state index is 0.0113. The summed E-state index contributed by atoms with van der Waals surface area (Å²) in [6.07, 6.45) is 1.64. The standard InChI is InChI=1S/C16H27N5O3/c1-11(2)4-5-18-16(23)19-12-8-13-9-14(20-21(13)10-12)15(22)17-6-7-24-3/h9,11-12H,4-8,10H2,1-3H3,(H,17,22)(H2,18,19,23)/t12-/m0/s1. The van der Waals surface area contributed by atoms with Gasteiger partial charge in [0.2, 0.25) is 0 Å². The van der Waals surface area contributed by atoms with Gasteiger partial charge in [-0.25, -0.2) is 4.79 Å². The number of amides is 3. The highest BCUT2D eigenvalue weighted by atomic mass is 16.5. The van der Waals surface area contributed by atoms with E-state index in [1.807, 2.05) is 0 Å². The molecule has 0 bridgehead atoms. The van der Waals surface area contributed by atoms with Gasteiger partial charge in [-0.3, -0.25) is 9.48 Å². The molecule has 134 valence electrons. The van der Waals surface area contributed by atoms with Crippen molar-refractivity contribution in [1.82, 2.24) is 25.7 Å². The number of fused-ring (bicyclic) bond motifs is 1. The van der Waals surface area contributed by atoms with Gasteiger partial charge in [0.15, 0.2) is 0 Å². The van der Waals surface area contributed by atoms with Crippen LogP contribution in [0.4, 0.5) is 4.79 Å². The molecule has 1 aromatic heterocycles. The van der Waals surface area contributed by atoms with Crippen LogP contribution in [0, 0.1) is 5.92 Å². The summed E-state index contributed by atoms with van der Waals surface area (Å²) in [5.41, 5.74) is 1.36. The molecule has 1 aromatic rings. The van der Waals surface area contributed by atoms with Crippen LogP contribution in [0.5, 0.6) is 0 Å². The largest absolute Gasteiger partial charge is 0.383 e. The summed E-state index contributed by atoms with van der Waals surface area (Å²) in [5, 5.41) is 12.9. The van der Waals surface area contributed by atoms with E-state index in [4.69, 9.17) is 4.74 Å². The topological polar surface area (TPSA) is 97.3 Å². The predicted octanol–water partition coefficient (Wildman–Crippen LogP) is 0.529. The molecule has 24 heavy (non-hydrogen) atoms. The zero-order chi connectivity index (χ0) is 17.5. The van der Waals surface area contributed by atoms with Crippen LogP contribution in [0.3, 0.4) is 0 Å². The normalized spacial score (nSPS) is 16.1. The van der Waals surface area contributed by atoms with Crippen LogP contribution < -0.4 is 16.0 Å². The van der Waals surface area contributed by atoms with E-state index in [-0.39, 0.29) is 18.0 Å². The highest BCUT2D eigenvalue weighted by molar-refractivity contribution is 5.92. The summed E-state index contributed by atoms with van der Waals surface area (Å²) in [4.78, 5) is 23.8. The minimum Gasteiger partial charge on any atom is -0.383 e. The summed E-state index contributed by atoms with van der Waals surface area (Å²) in [6.45, 7) is 6.43. The average Bonchev–Trinajstić information content (AvgIpc) is 3.05. The first-order chi connectivity index (χ1) is 11.5. The molecule has 0 unspecified atom stereocenters. The summed E-state index contributed by atoms with van der Waals surface area (Å²) >= 11 is 0. The number of ether oxygens (including phenoxy) is 1. The Morgan fingerprint density at radius 2 is 2.17 bits per heavy atom. The Labute approximate surface area is 142 Å². The van der Waals surface area contributed by atoms with Crippen molar-refractivity contribution in [2.45, 2.75) is 39.3 Å². The molecular weight excluding hydrogens is 310 g/mol. The van der Waals surface area contributed by atoms with E-state index in [2.05, 4.69) is 34.9 Å². The molecule has 0 aromatic carbocycles. The van der Waals surface area contributed by atoms with Crippen molar-refractivity contribution in [3.8, 4) is 0 Å². The summed E-state index contributed by atoms with van der Waals surface area (Å²) in [5.74, 6) is 0.361. The maximum atomic E-state index is 11.9. The summed E-state index contributed by atoms with van der Waals surface area (Å²) in [6, 6.07) is 1.64. The summed E-state index contributed by atoms with van der Waals surface area (Å²) in [7, 11) is 1.59. The van der Waals surface area contributed by atoms with Gasteiger partial charge in [0.25, 0.3) is 5.91 Å². The van der Waals surface area contributed by atoms with Crippen molar-refractivity contribution < 1.29 is 14.3 Å². The quantitative estimate of drug-likeness (QED) is 0.603. The minimum atomic E-state index is -0.204. The van der Waals surface area contributed by atoms with Gasteiger partial charge in [-0.15, -0.1) is 0 Å². The van der Waals surface area contributed by atoms with Crippen LogP contribution in [-0.4, -0.2) is 54.6 Å². The Bertz CT molecular complexity index is 547. The number of nitrogens with one attached hydrogen (secondary N) is 3. The van der Waals surface area contributed by atoms with Crippen molar-refractivity contribution in [2.24, 2.45) is 5.92 Å². The van der Waals surface area contributed by atoms with E-state index in [0.29, 0.717) is 44.3 Å². The lowest BCUT2D eigenvalue weighted by Gasteiger charge is -2.13. The number of hydrogen-bond acceptors (Lipinski definition) is 4. The van der Waals surface area contributed by atoms with Crippen LogP contribution in [0.15, 0.2) is 6.07 Å². The molecule has 0 spiro atoms. The highest BCUT2D eigenvalue weighted by Crippen LogP contribution is 2.16. The molecule has 3 amide bonds. The lowest BCUT2D eigenvalue weighted by atomic mass is 10.1. The summed E-state index contributed by atoms with van der Waals surface area (Å²) < 4.78 is 6.68. The Balaban J connectivity index is 1.76. The number of carbonyl (C=O) groups is 2. The second-order valence-corrected chi connectivity index (χ2v) is 6.44. The van der Waals surface area contributed by atoms with Crippen LogP contribution in [0.25, 0.3) is 0 Å². The molecule has 1 aliphatic rings. The van der Waals surface area contributed by atoms with E-state index in [9.17, 15) is 9.59 Å². The average molecular weight is 337 g/mol.